The fraction of sp³-hybridized carbons (Fsp3) is 0.700. The normalized spacial score (nSPS) is 31.9. The smallest absolute Gasteiger partial charge is 0.255 e. The van der Waals surface area contributed by atoms with Gasteiger partial charge in [0.15, 0.2) is 0 Å². The van der Waals surface area contributed by atoms with Crippen LogP contribution in [0, 0.1) is 11.8 Å². The van der Waals surface area contributed by atoms with E-state index in [0.29, 0.717) is 17.4 Å². The number of aliphatic hydroxyl groups is 1. The zero-order valence-corrected chi connectivity index (χ0v) is 15.8. The predicted molar refractivity (Wildman–Crippen MR) is 101 cm³/mol. The number of aromatic nitrogens is 1. The maximum absolute atomic E-state index is 12.9. The molecular weight excluding hydrogens is 328 g/mol. The van der Waals surface area contributed by atoms with Crippen molar-refractivity contribution in [1.29, 1.82) is 0 Å². The van der Waals surface area contributed by atoms with E-state index >= 15 is 0 Å². The lowest BCUT2D eigenvalue weighted by molar-refractivity contribution is -0.000864. The minimum absolute atomic E-state index is 0.0735. The molecule has 3 fully saturated rings. The van der Waals surface area contributed by atoms with Gasteiger partial charge in [0.25, 0.3) is 5.91 Å². The predicted octanol–water partition coefficient (Wildman–Crippen LogP) is 1.45. The van der Waals surface area contributed by atoms with Crippen LogP contribution in [0.4, 0.5) is 5.82 Å². The molecule has 6 heteroatoms. The van der Waals surface area contributed by atoms with Crippen molar-refractivity contribution in [3.05, 3.63) is 23.9 Å². The van der Waals surface area contributed by atoms with Crippen LogP contribution in [0.3, 0.4) is 0 Å². The molecule has 0 radical (unpaired) electrons. The third-order valence-corrected chi connectivity index (χ3v) is 6.46. The first-order valence-corrected chi connectivity index (χ1v) is 9.87. The van der Waals surface area contributed by atoms with Crippen molar-refractivity contribution >= 4 is 11.7 Å². The Labute approximate surface area is 155 Å². The summed E-state index contributed by atoms with van der Waals surface area (Å²) < 4.78 is 0. The van der Waals surface area contributed by atoms with E-state index in [1.54, 1.807) is 6.20 Å². The largest absolute Gasteiger partial charge is 0.391 e. The van der Waals surface area contributed by atoms with Crippen LogP contribution in [0.5, 0.6) is 0 Å². The summed E-state index contributed by atoms with van der Waals surface area (Å²) in [6, 6.07) is 4.05. The molecule has 0 spiro atoms. The Hall–Kier alpha value is -1.66. The third-order valence-electron chi connectivity index (χ3n) is 6.46. The van der Waals surface area contributed by atoms with Crippen LogP contribution in [-0.4, -0.2) is 78.2 Å². The summed E-state index contributed by atoms with van der Waals surface area (Å²) in [5, 5.41) is 10.6. The lowest BCUT2D eigenvalue weighted by Crippen LogP contribution is -2.48. The zero-order chi connectivity index (χ0) is 18.3. The van der Waals surface area contributed by atoms with E-state index in [4.69, 9.17) is 0 Å². The van der Waals surface area contributed by atoms with Gasteiger partial charge in [-0.25, -0.2) is 4.98 Å². The van der Waals surface area contributed by atoms with E-state index in [-0.39, 0.29) is 18.1 Å². The van der Waals surface area contributed by atoms with Crippen LogP contribution < -0.4 is 4.90 Å². The Bertz CT molecular complexity index is 642. The molecule has 3 heterocycles. The molecule has 0 unspecified atom stereocenters. The summed E-state index contributed by atoms with van der Waals surface area (Å²) in [6.45, 7) is 3.82. The van der Waals surface area contributed by atoms with Crippen molar-refractivity contribution in [2.45, 2.75) is 37.8 Å². The Morgan fingerprint density at radius 1 is 1.15 bits per heavy atom. The summed E-state index contributed by atoms with van der Waals surface area (Å²) in [6.07, 6.45) is 5.78. The second-order valence-corrected chi connectivity index (χ2v) is 8.38. The number of carbonyl (C=O) groups excluding carboxylic acids is 1. The molecule has 4 rings (SSSR count). The number of amides is 1. The lowest BCUT2D eigenvalue weighted by Gasteiger charge is -2.40. The van der Waals surface area contributed by atoms with Gasteiger partial charge in [-0.1, -0.05) is 0 Å². The first kappa shape index (κ1) is 17.7. The van der Waals surface area contributed by atoms with E-state index in [1.165, 1.54) is 12.8 Å². The van der Waals surface area contributed by atoms with Crippen molar-refractivity contribution in [2.24, 2.45) is 11.8 Å². The number of carbonyl (C=O) groups is 1. The molecule has 1 saturated carbocycles. The van der Waals surface area contributed by atoms with Crippen LogP contribution in [0.2, 0.25) is 0 Å². The lowest BCUT2D eigenvalue weighted by atomic mass is 9.77. The van der Waals surface area contributed by atoms with Crippen LogP contribution >= 0.6 is 0 Å². The number of pyridine rings is 1. The molecule has 1 aliphatic carbocycles. The molecule has 1 aromatic rings. The molecule has 1 amide bonds. The highest BCUT2D eigenvalue weighted by Crippen LogP contribution is 2.39. The number of aliphatic hydroxyl groups excluding tert-OH is 1. The number of nitrogens with zero attached hydrogens (tertiary/aromatic N) is 4. The van der Waals surface area contributed by atoms with Gasteiger partial charge in [-0.2, -0.15) is 0 Å². The number of anilines is 1. The van der Waals surface area contributed by atoms with Crippen molar-refractivity contribution < 1.29 is 9.90 Å². The summed E-state index contributed by atoms with van der Waals surface area (Å²) >= 11 is 0. The maximum atomic E-state index is 12.9. The molecule has 2 aliphatic heterocycles. The van der Waals surface area contributed by atoms with Gasteiger partial charge >= 0.3 is 0 Å². The molecule has 3 aliphatic rings. The maximum Gasteiger partial charge on any atom is 0.255 e. The molecule has 0 aromatic carbocycles. The molecule has 1 aromatic heterocycles. The van der Waals surface area contributed by atoms with Gasteiger partial charge in [-0.05, 0) is 62.7 Å². The highest BCUT2D eigenvalue weighted by Gasteiger charge is 2.44. The van der Waals surface area contributed by atoms with E-state index in [2.05, 4.69) is 9.88 Å². The Morgan fingerprint density at radius 3 is 2.46 bits per heavy atom. The zero-order valence-electron chi connectivity index (χ0n) is 15.8. The van der Waals surface area contributed by atoms with E-state index in [1.807, 2.05) is 36.0 Å². The van der Waals surface area contributed by atoms with Gasteiger partial charge < -0.3 is 14.9 Å². The summed E-state index contributed by atoms with van der Waals surface area (Å²) in [5.41, 5.74) is 0.658. The molecule has 0 bridgehead atoms. The summed E-state index contributed by atoms with van der Waals surface area (Å²) in [5.74, 6) is 1.88. The number of hydrogen-bond acceptors (Lipinski definition) is 5. The number of rotatable bonds is 3. The summed E-state index contributed by atoms with van der Waals surface area (Å²) in [4.78, 5) is 23.6. The molecule has 26 heavy (non-hydrogen) atoms. The second kappa shape index (κ2) is 7.16. The van der Waals surface area contributed by atoms with Gasteiger partial charge in [0.1, 0.15) is 5.82 Å². The van der Waals surface area contributed by atoms with Crippen molar-refractivity contribution in [3.8, 4) is 0 Å². The van der Waals surface area contributed by atoms with E-state index in [9.17, 15) is 9.90 Å². The average molecular weight is 358 g/mol. The second-order valence-electron chi connectivity index (χ2n) is 8.38. The van der Waals surface area contributed by atoms with Crippen molar-refractivity contribution in [3.63, 3.8) is 0 Å². The van der Waals surface area contributed by atoms with Gasteiger partial charge in [0, 0.05) is 39.4 Å². The summed E-state index contributed by atoms with van der Waals surface area (Å²) in [7, 11) is 3.88. The van der Waals surface area contributed by atoms with Gasteiger partial charge in [-0.15, -0.1) is 0 Å². The Balaban J connectivity index is 1.42. The Kier molecular flexibility index (Phi) is 4.88. The van der Waals surface area contributed by atoms with Gasteiger partial charge in [-0.3, -0.25) is 9.69 Å². The van der Waals surface area contributed by atoms with Gasteiger partial charge in [0.2, 0.25) is 0 Å². The Morgan fingerprint density at radius 2 is 1.85 bits per heavy atom. The molecule has 142 valence electrons. The number of fused-ring (bicyclic) bond motifs is 1. The van der Waals surface area contributed by atoms with Crippen LogP contribution in [0.1, 0.15) is 36.0 Å². The number of likely N-dealkylation sites (tertiary alicyclic amines) is 2. The minimum atomic E-state index is -0.245. The van der Waals surface area contributed by atoms with Crippen molar-refractivity contribution in [1.82, 2.24) is 14.8 Å². The molecular formula is C20H30N4O2. The first-order chi connectivity index (χ1) is 12.5. The van der Waals surface area contributed by atoms with Crippen molar-refractivity contribution in [2.75, 3.05) is 45.2 Å². The number of hydrogen-bond donors (Lipinski definition) is 1. The fourth-order valence-electron chi connectivity index (χ4n) is 5.00. The molecule has 4 atom stereocenters. The first-order valence-electron chi connectivity index (χ1n) is 9.87. The van der Waals surface area contributed by atoms with E-state index < -0.39 is 0 Å². The highest BCUT2D eigenvalue weighted by atomic mass is 16.3. The molecule has 6 nitrogen and oxygen atoms in total. The fourth-order valence-corrected chi connectivity index (χ4v) is 5.00. The minimum Gasteiger partial charge on any atom is -0.391 e. The van der Waals surface area contributed by atoms with Crippen LogP contribution in [0.15, 0.2) is 18.3 Å². The van der Waals surface area contributed by atoms with E-state index in [0.717, 1.165) is 44.8 Å². The van der Waals surface area contributed by atoms with Crippen LogP contribution in [0.25, 0.3) is 0 Å². The average Bonchev–Trinajstić information content (AvgIpc) is 3.29. The molecule has 1 N–H and O–H groups in total. The topological polar surface area (TPSA) is 59.9 Å². The monoisotopic (exact) mass is 358 g/mol. The highest BCUT2D eigenvalue weighted by molar-refractivity contribution is 5.94. The SMILES string of the molecule is CN(C)c1ccc(C(=O)N2C[C@H]3C[C@@H](N4CCCC4)[C@H](O)C[C@H]3C2)cn1. The van der Waals surface area contributed by atoms with Crippen LogP contribution in [-0.2, 0) is 0 Å². The molecule has 2 saturated heterocycles. The van der Waals surface area contributed by atoms with Gasteiger partial charge in [0.05, 0.1) is 11.7 Å². The standard InChI is InChI=1S/C20H30N4O2/c1-22(2)19-6-5-14(11-21-19)20(26)24-12-15-9-17(23-7-3-4-8-23)18(25)10-16(15)13-24/h5-6,11,15-18,25H,3-4,7-10,12-13H2,1-2H3/t15-,16+,17-,18-/m1/s1. The third kappa shape index (κ3) is 3.32. The quantitative estimate of drug-likeness (QED) is 0.886.